The van der Waals surface area contributed by atoms with Crippen LogP contribution in [0.25, 0.3) is 10.2 Å². The lowest BCUT2D eigenvalue weighted by Gasteiger charge is -2.30. The van der Waals surface area contributed by atoms with Gasteiger partial charge in [-0.1, -0.05) is 0 Å². The van der Waals surface area contributed by atoms with Gasteiger partial charge in [0.25, 0.3) is 0 Å². The third-order valence-corrected chi connectivity index (χ3v) is 4.59. The summed E-state index contributed by atoms with van der Waals surface area (Å²) in [5, 5.41) is 5.74. The van der Waals surface area contributed by atoms with E-state index in [2.05, 4.69) is 39.5 Å². The molecule has 4 nitrogen and oxygen atoms in total. The van der Waals surface area contributed by atoms with Crippen molar-refractivity contribution in [2.24, 2.45) is 0 Å². The fourth-order valence-corrected chi connectivity index (χ4v) is 3.50. The van der Waals surface area contributed by atoms with Crippen LogP contribution in [0, 0.1) is 6.92 Å². The van der Waals surface area contributed by atoms with Crippen LogP contribution in [0.15, 0.2) is 11.7 Å². The van der Waals surface area contributed by atoms with Gasteiger partial charge in [-0.3, -0.25) is 0 Å². The molecule has 1 aliphatic heterocycles. The highest BCUT2D eigenvalue weighted by Crippen LogP contribution is 2.29. The molecular weight excluding hydrogens is 244 g/mol. The molecule has 3 rings (SSSR count). The molecule has 5 heteroatoms. The number of rotatable bonds is 2. The molecular formula is C13H18N4S. The Bertz CT molecular complexity index is 551. The smallest absolute Gasteiger partial charge is 0.147 e. The van der Waals surface area contributed by atoms with E-state index >= 15 is 0 Å². The summed E-state index contributed by atoms with van der Waals surface area (Å²) >= 11 is 1.73. The molecule has 0 radical (unpaired) electrons. The number of hydrogen-bond acceptors (Lipinski definition) is 5. The SMILES string of the molecule is Cc1csc2c(NC3CCCN(C)C3)ncnc12. The average Bonchev–Trinajstić information content (AvgIpc) is 2.73. The highest BCUT2D eigenvalue weighted by Gasteiger charge is 2.18. The molecule has 0 aliphatic carbocycles. The topological polar surface area (TPSA) is 41.0 Å². The Kier molecular flexibility index (Phi) is 3.18. The van der Waals surface area contributed by atoms with Crippen molar-refractivity contribution >= 4 is 27.4 Å². The molecule has 3 heterocycles. The predicted octanol–water partition coefficient (Wildman–Crippen LogP) is 2.51. The molecule has 0 aromatic carbocycles. The van der Waals surface area contributed by atoms with Crippen molar-refractivity contribution in [2.75, 3.05) is 25.5 Å². The van der Waals surface area contributed by atoms with E-state index in [4.69, 9.17) is 0 Å². The van der Waals surface area contributed by atoms with Crippen molar-refractivity contribution in [3.63, 3.8) is 0 Å². The number of thiophene rings is 1. The van der Waals surface area contributed by atoms with Crippen LogP contribution in [0.3, 0.4) is 0 Å². The average molecular weight is 262 g/mol. The van der Waals surface area contributed by atoms with Gasteiger partial charge in [0.05, 0.1) is 10.2 Å². The number of likely N-dealkylation sites (N-methyl/N-ethyl adjacent to an activating group) is 1. The van der Waals surface area contributed by atoms with Gasteiger partial charge in [-0.25, -0.2) is 9.97 Å². The van der Waals surface area contributed by atoms with Gasteiger partial charge in [0.1, 0.15) is 12.1 Å². The van der Waals surface area contributed by atoms with E-state index in [1.54, 1.807) is 17.7 Å². The van der Waals surface area contributed by atoms with Crippen molar-refractivity contribution in [3.05, 3.63) is 17.3 Å². The van der Waals surface area contributed by atoms with Crippen molar-refractivity contribution in [1.29, 1.82) is 0 Å². The van der Waals surface area contributed by atoms with Gasteiger partial charge in [0.15, 0.2) is 0 Å². The molecule has 2 aromatic heterocycles. The molecule has 0 amide bonds. The zero-order chi connectivity index (χ0) is 12.5. The van der Waals surface area contributed by atoms with Crippen LogP contribution >= 0.6 is 11.3 Å². The minimum atomic E-state index is 0.504. The van der Waals surface area contributed by atoms with Crippen LogP contribution in [-0.4, -0.2) is 41.0 Å². The number of piperidine rings is 1. The highest BCUT2D eigenvalue weighted by atomic mass is 32.1. The van der Waals surface area contributed by atoms with E-state index in [-0.39, 0.29) is 0 Å². The number of likely N-dealkylation sites (tertiary alicyclic amines) is 1. The summed E-state index contributed by atoms with van der Waals surface area (Å²) < 4.78 is 1.18. The number of fused-ring (bicyclic) bond motifs is 1. The molecule has 1 atom stereocenters. The van der Waals surface area contributed by atoms with Gasteiger partial charge in [-0.15, -0.1) is 11.3 Å². The lowest BCUT2D eigenvalue weighted by molar-refractivity contribution is 0.261. The maximum absolute atomic E-state index is 4.41. The summed E-state index contributed by atoms with van der Waals surface area (Å²) in [4.78, 5) is 11.1. The molecule has 0 saturated carbocycles. The number of anilines is 1. The zero-order valence-corrected chi connectivity index (χ0v) is 11.6. The zero-order valence-electron chi connectivity index (χ0n) is 10.8. The van der Waals surface area contributed by atoms with Gasteiger partial charge >= 0.3 is 0 Å². The van der Waals surface area contributed by atoms with Gasteiger partial charge in [0.2, 0.25) is 0 Å². The third-order valence-electron chi connectivity index (χ3n) is 3.50. The first kappa shape index (κ1) is 11.9. The second kappa shape index (κ2) is 4.82. The summed E-state index contributed by atoms with van der Waals surface area (Å²) in [5.74, 6) is 0.999. The number of aromatic nitrogens is 2. The van der Waals surface area contributed by atoms with Crippen LogP contribution in [0.2, 0.25) is 0 Å². The van der Waals surface area contributed by atoms with Crippen LogP contribution in [0.4, 0.5) is 5.82 Å². The van der Waals surface area contributed by atoms with Crippen molar-refractivity contribution in [3.8, 4) is 0 Å². The summed E-state index contributed by atoms with van der Waals surface area (Å²) in [6, 6.07) is 0.504. The first-order valence-electron chi connectivity index (χ1n) is 6.38. The van der Waals surface area contributed by atoms with E-state index in [0.717, 1.165) is 17.9 Å². The fraction of sp³-hybridized carbons (Fsp3) is 0.538. The first-order chi connectivity index (χ1) is 8.74. The summed E-state index contributed by atoms with van der Waals surface area (Å²) in [7, 11) is 2.18. The lowest BCUT2D eigenvalue weighted by Crippen LogP contribution is -2.39. The molecule has 1 fully saturated rings. The van der Waals surface area contributed by atoms with E-state index in [9.17, 15) is 0 Å². The van der Waals surface area contributed by atoms with Gasteiger partial charge in [-0.2, -0.15) is 0 Å². The Morgan fingerprint density at radius 2 is 2.33 bits per heavy atom. The van der Waals surface area contributed by atoms with Gasteiger partial charge in [0, 0.05) is 12.6 Å². The predicted molar refractivity (Wildman–Crippen MR) is 76.3 cm³/mol. The van der Waals surface area contributed by atoms with Gasteiger partial charge < -0.3 is 10.2 Å². The number of aryl methyl sites for hydroxylation is 1. The summed E-state index contributed by atoms with van der Waals surface area (Å²) in [5.41, 5.74) is 2.32. The maximum Gasteiger partial charge on any atom is 0.147 e. The standard InChI is InChI=1S/C13H18N4S/c1-9-7-18-12-11(9)14-8-15-13(12)16-10-4-3-5-17(2)6-10/h7-8,10H,3-6H2,1-2H3,(H,14,15,16). The number of nitrogens with one attached hydrogen (secondary N) is 1. The maximum atomic E-state index is 4.41. The monoisotopic (exact) mass is 262 g/mol. The molecule has 1 N–H and O–H groups in total. The molecule has 1 saturated heterocycles. The van der Waals surface area contributed by atoms with Crippen LogP contribution in [-0.2, 0) is 0 Å². The molecule has 0 bridgehead atoms. The Labute approximate surface area is 111 Å². The molecule has 1 unspecified atom stereocenters. The Morgan fingerprint density at radius 1 is 1.44 bits per heavy atom. The largest absolute Gasteiger partial charge is 0.365 e. The minimum absolute atomic E-state index is 0.504. The Morgan fingerprint density at radius 3 is 3.17 bits per heavy atom. The van der Waals surface area contributed by atoms with Crippen LogP contribution < -0.4 is 5.32 Å². The summed E-state index contributed by atoms with van der Waals surface area (Å²) in [6.45, 7) is 4.40. The van der Waals surface area contributed by atoms with Crippen LogP contribution in [0.1, 0.15) is 18.4 Å². The Balaban J connectivity index is 1.86. The summed E-state index contributed by atoms with van der Waals surface area (Å²) in [6.07, 6.45) is 4.14. The quantitative estimate of drug-likeness (QED) is 0.903. The fourth-order valence-electron chi connectivity index (χ4n) is 2.55. The van der Waals surface area contributed by atoms with Crippen molar-refractivity contribution in [2.45, 2.75) is 25.8 Å². The van der Waals surface area contributed by atoms with E-state index in [0.29, 0.717) is 6.04 Å². The second-order valence-electron chi connectivity index (χ2n) is 5.06. The molecule has 96 valence electrons. The lowest BCUT2D eigenvalue weighted by atomic mass is 10.1. The minimum Gasteiger partial charge on any atom is -0.365 e. The first-order valence-corrected chi connectivity index (χ1v) is 7.26. The van der Waals surface area contributed by atoms with E-state index in [1.807, 2.05) is 0 Å². The third kappa shape index (κ3) is 2.20. The number of hydrogen-bond donors (Lipinski definition) is 1. The van der Waals surface area contributed by atoms with Crippen LogP contribution in [0.5, 0.6) is 0 Å². The van der Waals surface area contributed by atoms with E-state index in [1.165, 1.54) is 29.6 Å². The molecule has 1 aliphatic rings. The second-order valence-corrected chi connectivity index (χ2v) is 5.94. The van der Waals surface area contributed by atoms with Crippen molar-refractivity contribution in [1.82, 2.24) is 14.9 Å². The molecule has 0 spiro atoms. The number of nitrogens with zero attached hydrogens (tertiary/aromatic N) is 3. The van der Waals surface area contributed by atoms with Gasteiger partial charge in [-0.05, 0) is 44.3 Å². The normalized spacial score (nSPS) is 21.3. The molecule has 18 heavy (non-hydrogen) atoms. The molecule has 2 aromatic rings. The Hall–Kier alpha value is -1.20. The highest BCUT2D eigenvalue weighted by molar-refractivity contribution is 7.18. The van der Waals surface area contributed by atoms with E-state index < -0.39 is 0 Å². The van der Waals surface area contributed by atoms with Crippen molar-refractivity contribution < 1.29 is 0 Å².